The number of carbonyl (C=O) groups is 1. The maximum atomic E-state index is 13.9. The summed E-state index contributed by atoms with van der Waals surface area (Å²) >= 11 is 0. The monoisotopic (exact) mass is 281 g/mol. The van der Waals surface area contributed by atoms with Crippen LogP contribution in [-0.2, 0) is 0 Å². The van der Waals surface area contributed by atoms with E-state index >= 15 is 0 Å². The second-order valence-electron chi connectivity index (χ2n) is 4.90. The van der Waals surface area contributed by atoms with Gasteiger partial charge in [0, 0.05) is 19.8 Å². The van der Waals surface area contributed by atoms with E-state index in [9.17, 15) is 9.18 Å². The Morgan fingerprint density at radius 2 is 2.20 bits per heavy atom. The molecule has 0 saturated carbocycles. The third kappa shape index (κ3) is 4.47. The first kappa shape index (κ1) is 16.4. The lowest BCUT2D eigenvalue weighted by molar-refractivity contribution is 0.0941. The predicted molar refractivity (Wildman–Crippen MR) is 79.4 cm³/mol. The van der Waals surface area contributed by atoms with Crippen LogP contribution in [0.2, 0.25) is 0 Å². The maximum absolute atomic E-state index is 13.9. The number of pyridine rings is 1. The fourth-order valence-corrected chi connectivity index (χ4v) is 2.07. The Labute approximate surface area is 120 Å². The molecular formula is C15H24FN3O. The van der Waals surface area contributed by atoms with E-state index < -0.39 is 5.82 Å². The lowest BCUT2D eigenvalue weighted by Crippen LogP contribution is -2.30. The summed E-state index contributed by atoms with van der Waals surface area (Å²) in [6.07, 6.45) is 5.84. The summed E-state index contributed by atoms with van der Waals surface area (Å²) in [7, 11) is 1.57. The molecule has 0 aliphatic rings. The molecule has 20 heavy (non-hydrogen) atoms. The molecule has 2 N–H and O–H groups in total. The van der Waals surface area contributed by atoms with Crippen molar-refractivity contribution in [1.82, 2.24) is 10.3 Å². The van der Waals surface area contributed by atoms with Gasteiger partial charge in [0.05, 0.1) is 5.56 Å². The van der Waals surface area contributed by atoms with E-state index in [1.165, 1.54) is 12.3 Å². The fraction of sp³-hybridized carbons (Fsp3) is 0.600. The average molecular weight is 281 g/mol. The molecule has 112 valence electrons. The Hall–Kier alpha value is -1.65. The van der Waals surface area contributed by atoms with E-state index in [-0.39, 0.29) is 17.3 Å². The average Bonchev–Trinajstić information content (AvgIpc) is 2.47. The molecule has 0 saturated heterocycles. The van der Waals surface area contributed by atoms with Crippen molar-refractivity contribution in [2.75, 3.05) is 18.9 Å². The van der Waals surface area contributed by atoms with Crippen molar-refractivity contribution in [1.29, 1.82) is 0 Å². The van der Waals surface area contributed by atoms with Gasteiger partial charge in [-0.25, -0.2) is 9.37 Å². The fourth-order valence-electron chi connectivity index (χ4n) is 2.07. The molecule has 0 bridgehead atoms. The molecule has 0 aliphatic carbocycles. The highest BCUT2D eigenvalue weighted by Crippen LogP contribution is 2.15. The molecule has 1 heterocycles. The van der Waals surface area contributed by atoms with Crippen LogP contribution in [0.5, 0.6) is 0 Å². The third-order valence-corrected chi connectivity index (χ3v) is 3.47. The van der Waals surface area contributed by atoms with Crippen LogP contribution in [0.1, 0.15) is 49.9 Å². The third-order valence-electron chi connectivity index (χ3n) is 3.47. The molecule has 1 aromatic heterocycles. The van der Waals surface area contributed by atoms with E-state index in [2.05, 4.69) is 29.5 Å². The smallest absolute Gasteiger partial charge is 0.254 e. The Morgan fingerprint density at radius 1 is 1.45 bits per heavy atom. The quantitative estimate of drug-likeness (QED) is 0.769. The van der Waals surface area contributed by atoms with E-state index in [1.807, 2.05) is 0 Å². The van der Waals surface area contributed by atoms with Crippen LogP contribution in [-0.4, -0.2) is 24.5 Å². The van der Waals surface area contributed by atoms with Gasteiger partial charge in [-0.2, -0.15) is 0 Å². The van der Waals surface area contributed by atoms with Crippen LogP contribution < -0.4 is 10.6 Å². The van der Waals surface area contributed by atoms with Gasteiger partial charge >= 0.3 is 0 Å². The molecule has 0 aliphatic heterocycles. The molecule has 0 spiro atoms. The highest BCUT2D eigenvalue weighted by Gasteiger charge is 2.16. The number of unbranched alkanes of at least 4 members (excludes halogenated alkanes) is 1. The van der Waals surface area contributed by atoms with E-state index in [0.717, 1.165) is 25.7 Å². The van der Waals surface area contributed by atoms with Crippen molar-refractivity contribution in [3.63, 3.8) is 0 Å². The summed E-state index contributed by atoms with van der Waals surface area (Å²) in [6, 6.07) is 1.40. The largest absolute Gasteiger partial charge is 0.371 e. The van der Waals surface area contributed by atoms with Crippen molar-refractivity contribution in [3.05, 3.63) is 23.6 Å². The minimum absolute atomic E-state index is 0.0368. The van der Waals surface area contributed by atoms with Crippen LogP contribution >= 0.6 is 0 Å². The zero-order chi connectivity index (χ0) is 15.0. The second kappa shape index (κ2) is 8.51. The topological polar surface area (TPSA) is 54.0 Å². The molecule has 5 heteroatoms. The molecule has 1 aromatic rings. The number of hydrogen-bond acceptors (Lipinski definition) is 3. The van der Waals surface area contributed by atoms with Crippen molar-refractivity contribution in [3.8, 4) is 0 Å². The number of nitrogens with zero attached hydrogens (tertiary/aromatic N) is 1. The molecule has 4 nitrogen and oxygen atoms in total. The molecular weight excluding hydrogens is 257 g/mol. The summed E-state index contributed by atoms with van der Waals surface area (Å²) in [5, 5.41) is 5.44. The van der Waals surface area contributed by atoms with Gasteiger partial charge in [0.2, 0.25) is 0 Å². The Bertz CT molecular complexity index is 437. The van der Waals surface area contributed by atoms with Gasteiger partial charge in [-0.05, 0) is 18.4 Å². The minimum Gasteiger partial charge on any atom is -0.371 e. The van der Waals surface area contributed by atoms with Crippen molar-refractivity contribution in [2.24, 2.45) is 5.92 Å². The number of carbonyl (C=O) groups excluding carboxylic acids is 1. The van der Waals surface area contributed by atoms with Crippen molar-refractivity contribution in [2.45, 2.75) is 39.5 Å². The highest BCUT2D eigenvalue weighted by atomic mass is 19.1. The summed E-state index contributed by atoms with van der Waals surface area (Å²) in [6.45, 7) is 4.85. The predicted octanol–water partition coefficient (Wildman–Crippen LogP) is 3.21. The SMILES string of the molecule is CCCCC(CC)CNC(=O)c1ccnc(NC)c1F. The lowest BCUT2D eigenvalue weighted by Gasteiger charge is -2.15. The molecule has 0 fully saturated rings. The number of rotatable bonds is 8. The van der Waals surface area contributed by atoms with Crippen LogP contribution in [0.3, 0.4) is 0 Å². The number of hydrogen-bond donors (Lipinski definition) is 2. The number of amides is 1. The molecule has 0 radical (unpaired) electrons. The maximum Gasteiger partial charge on any atom is 0.254 e. The van der Waals surface area contributed by atoms with Crippen molar-refractivity contribution >= 4 is 11.7 Å². The number of nitrogens with one attached hydrogen (secondary N) is 2. The van der Waals surface area contributed by atoms with Gasteiger partial charge in [-0.15, -0.1) is 0 Å². The Kier molecular flexibility index (Phi) is 6.98. The van der Waals surface area contributed by atoms with Gasteiger partial charge in [0.25, 0.3) is 5.91 Å². The van der Waals surface area contributed by atoms with Crippen LogP contribution in [0.4, 0.5) is 10.2 Å². The Morgan fingerprint density at radius 3 is 2.80 bits per heavy atom. The summed E-state index contributed by atoms with van der Waals surface area (Å²) in [5.41, 5.74) is 0.0368. The van der Waals surface area contributed by atoms with Gasteiger partial charge in [0.15, 0.2) is 11.6 Å². The van der Waals surface area contributed by atoms with Crippen LogP contribution in [0.15, 0.2) is 12.3 Å². The Balaban J connectivity index is 2.62. The van der Waals surface area contributed by atoms with Gasteiger partial charge in [0.1, 0.15) is 0 Å². The molecule has 1 amide bonds. The second-order valence-corrected chi connectivity index (χ2v) is 4.90. The normalized spacial score (nSPS) is 12.0. The van der Waals surface area contributed by atoms with Gasteiger partial charge in [-0.1, -0.05) is 33.1 Å². The van der Waals surface area contributed by atoms with E-state index in [0.29, 0.717) is 12.5 Å². The minimum atomic E-state index is -0.603. The lowest BCUT2D eigenvalue weighted by atomic mass is 9.99. The highest BCUT2D eigenvalue weighted by molar-refractivity contribution is 5.95. The van der Waals surface area contributed by atoms with Gasteiger partial charge in [-0.3, -0.25) is 4.79 Å². The standard InChI is InChI=1S/C15H24FN3O/c1-4-6-7-11(5-2)10-19-15(20)12-8-9-18-14(17-3)13(12)16/h8-9,11H,4-7,10H2,1-3H3,(H,17,18)(H,19,20). The first-order valence-electron chi connectivity index (χ1n) is 7.24. The molecule has 1 rings (SSSR count). The first-order valence-corrected chi connectivity index (χ1v) is 7.24. The summed E-state index contributed by atoms with van der Waals surface area (Å²) in [5.74, 6) is -0.436. The molecule has 0 aromatic carbocycles. The summed E-state index contributed by atoms with van der Waals surface area (Å²) < 4.78 is 13.9. The molecule has 1 atom stereocenters. The van der Waals surface area contributed by atoms with Crippen LogP contribution in [0.25, 0.3) is 0 Å². The zero-order valence-corrected chi connectivity index (χ0v) is 12.5. The van der Waals surface area contributed by atoms with Gasteiger partial charge < -0.3 is 10.6 Å². The number of halogens is 1. The number of anilines is 1. The summed E-state index contributed by atoms with van der Waals surface area (Å²) in [4.78, 5) is 15.8. The first-order chi connectivity index (χ1) is 9.63. The van der Waals surface area contributed by atoms with E-state index in [4.69, 9.17) is 0 Å². The van der Waals surface area contributed by atoms with Crippen molar-refractivity contribution < 1.29 is 9.18 Å². The van der Waals surface area contributed by atoms with Crippen LogP contribution in [0, 0.1) is 11.7 Å². The number of aromatic nitrogens is 1. The van der Waals surface area contributed by atoms with E-state index in [1.54, 1.807) is 7.05 Å². The molecule has 1 unspecified atom stereocenters. The zero-order valence-electron chi connectivity index (χ0n) is 12.5.